The Hall–Kier alpha value is -1.15. The van der Waals surface area contributed by atoms with E-state index in [0.29, 0.717) is 5.56 Å². The van der Waals surface area contributed by atoms with Gasteiger partial charge in [0.15, 0.2) is 6.10 Å². The van der Waals surface area contributed by atoms with E-state index in [2.05, 4.69) is 27.9 Å². The van der Waals surface area contributed by atoms with Crippen LogP contribution >= 0.6 is 22.6 Å². The Morgan fingerprint density at radius 2 is 2.12 bits per heavy atom. The molecule has 0 bridgehead atoms. The third-order valence-corrected chi connectivity index (χ3v) is 2.50. The molecule has 0 saturated heterocycles. The van der Waals surface area contributed by atoms with Crippen LogP contribution in [0.5, 0.6) is 0 Å². The maximum atomic E-state index is 11.5. The highest BCUT2D eigenvalue weighted by Crippen LogP contribution is 2.07. The van der Waals surface area contributed by atoms with Gasteiger partial charge in [0.2, 0.25) is 0 Å². The molecule has 0 fully saturated rings. The lowest BCUT2D eigenvalue weighted by atomic mass is 10.2. The molecule has 0 aliphatic carbocycles. The number of benzene rings is 1. The molecule has 1 rings (SSSR count). The molecule has 0 unspecified atom stereocenters. The van der Waals surface area contributed by atoms with Crippen LogP contribution in [0.2, 0.25) is 0 Å². The summed E-state index contributed by atoms with van der Waals surface area (Å²) < 4.78 is 0.907. The van der Waals surface area contributed by atoms with Gasteiger partial charge in [0.1, 0.15) is 0 Å². The number of rotatable bonds is 4. The minimum atomic E-state index is -1.58. The van der Waals surface area contributed by atoms with Gasteiger partial charge in [0, 0.05) is 9.13 Å². The fourth-order valence-corrected chi connectivity index (χ4v) is 1.55. The zero-order chi connectivity index (χ0) is 12.1. The van der Waals surface area contributed by atoms with Crippen LogP contribution in [0.1, 0.15) is 10.4 Å². The Morgan fingerprint density at radius 3 is 2.69 bits per heavy atom. The van der Waals surface area contributed by atoms with E-state index in [0.717, 1.165) is 3.57 Å². The predicted molar refractivity (Wildman–Crippen MR) is 65.1 cm³/mol. The first-order valence-electron chi connectivity index (χ1n) is 4.45. The van der Waals surface area contributed by atoms with Gasteiger partial charge in [-0.1, -0.05) is 6.07 Å². The minimum absolute atomic E-state index is 0.306. The third-order valence-electron chi connectivity index (χ3n) is 1.83. The standard InChI is InChI=1S/C10H10INO4/c11-7-3-1-2-6(4-7)9(14)12-5-8(13)10(15)16/h1-4,8,13H,5H2,(H,12,14)(H,15,16)/t8-/m0/s1. The van der Waals surface area contributed by atoms with Crippen LogP contribution in [0.15, 0.2) is 24.3 Å². The van der Waals surface area contributed by atoms with Gasteiger partial charge in [-0.2, -0.15) is 0 Å². The highest BCUT2D eigenvalue weighted by atomic mass is 127. The van der Waals surface area contributed by atoms with Crippen molar-refractivity contribution in [1.29, 1.82) is 0 Å². The molecule has 1 aromatic carbocycles. The summed E-state index contributed by atoms with van der Waals surface area (Å²) >= 11 is 2.07. The molecule has 0 aliphatic heterocycles. The van der Waals surface area contributed by atoms with Crippen molar-refractivity contribution in [3.05, 3.63) is 33.4 Å². The number of aliphatic carboxylic acids is 1. The second kappa shape index (κ2) is 5.80. The normalized spacial score (nSPS) is 11.9. The van der Waals surface area contributed by atoms with Gasteiger partial charge < -0.3 is 15.5 Å². The molecule has 0 radical (unpaired) electrons. The highest BCUT2D eigenvalue weighted by Gasteiger charge is 2.14. The lowest BCUT2D eigenvalue weighted by Crippen LogP contribution is -2.36. The summed E-state index contributed by atoms with van der Waals surface area (Å²) in [6.45, 7) is -0.306. The van der Waals surface area contributed by atoms with Crippen molar-refractivity contribution in [3.8, 4) is 0 Å². The van der Waals surface area contributed by atoms with Gasteiger partial charge in [-0.3, -0.25) is 4.79 Å². The smallest absolute Gasteiger partial charge is 0.334 e. The molecular formula is C10H10INO4. The number of carboxylic acids is 1. The number of aliphatic hydroxyl groups is 1. The van der Waals surface area contributed by atoms with Gasteiger partial charge in [-0.05, 0) is 40.8 Å². The molecule has 0 aliphatic rings. The van der Waals surface area contributed by atoms with E-state index >= 15 is 0 Å². The van der Waals surface area contributed by atoms with E-state index < -0.39 is 18.0 Å². The summed E-state index contributed by atoms with van der Waals surface area (Å²) in [4.78, 5) is 21.8. The number of hydrogen-bond acceptors (Lipinski definition) is 3. The average molecular weight is 335 g/mol. The quantitative estimate of drug-likeness (QED) is 0.698. The first-order valence-corrected chi connectivity index (χ1v) is 5.53. The molecule has 1 amide bonds. The molecule has 1 aromatic rings. The molecule has 0 aromatic heterocycles. The fraction of sp³-hybridized carbons (Fsp3) is 0.200. The van der Waals surface area contributed by atoms with Gasteiger partial charge in [0.25, 0.3) is 5.91 Å². The third kappa shape index (κ3) is 3.78. The Bertz CT molecular complexity index is 408. The first kappa shape index (κ1) is 12.9. The molecule has 0 spiro atoms. The maximum absolute atomic E-state index is 11.5. The van der Waals surface area contributed by atoms with Crippen molar-refractivity contribution in [2.45, 2.75) is 6.10 Å². The Morgan fingerprint density at radius 1 is 1.44 bits per heavy atom. The predicted octanol–water partition coefficient (Wildman–Crippen LogP) is 0.466. The molecule has 0 saturated carbocycles. The Kier molecular flexibility index (Phi) is 4.69. The monoisotopic (exact) mass is 335 g/mol. The lowest BCUT2D eigenvalue weighted by Gasteiger charge is -2.07. The zero-order valence-electron chi connectivity index (χ0n) is 8.18. The molecule has 3 N–H and O–H groups in total. The largest absolute Gasteiger partial charge is 0.479 e. The summed E-state index contributed by atoms with van der Waals surface area (Å²) in [6.07, 6.45) is -1.58. The van der Waals surface area contributed by atoms with Crippen LogP contribution in [0, 0.1) is 3.57 Å². The summed E-state index contributed by atoms with van der Waals surface area (Å²) in [7, 11) is 0. The average Bonchev–Trinajstić information content (AvgIpc) is 2.25. The van der Waals surface area contributed by atoms with Crippen LogP contribution in [-0.4, -0.2) is 34.7 Å². The first-order chi connectivity index (χ1) is 7.50. The summed E-state index contributed by atoms with van der Waals surface area (Å²) in [5, 5.41) is 19.7. The Balaban J connectivity index is 2.56. The number of carbonyl (C=O) groups excluding carboxylic acids is 1. The van der Waals surface area contributed by atoms with Crippen molar-refractivity contribution in [1.82, 2.24) is 5.32 Å². The highest BCUT2D eigenvalue weighted by molar-refractivity contribution is 14.1. The van der Waals surface area contributed by atoms with Crippen molar-refractivity contribution in [2.24, 2.45) is 0 Å². The maximum Gasteiger partial charge on any atom is 0.334 e. The van der Waals surface area contributed by atoms with E-state index in [1.807, 2.05) is 6.07 Å². The molecular weight excluding hydrogens is 325 g/mol. The number of carbonyl (C=O) groups is 2. The number of hydrogen-bond donors (Lipinski definition) is 3. The molecule has 86 valence electrons. The van der Waals surface area contributed by atoms with E-state index in [1.54, 1.807) is 18.2 Å². The lowest BCUT2D eigenvalue weighted by molar-refractivity contribution is -0.146. The number of amides is 1. The van der Waals surface area contributed by atoms with Gasteiger partial charge in [-0.25, -0.2) is 4.79 Å². The number of nitrogens with one attached hydrogen (secondary N) is 1. The van der Waals surface area contributed by atoms with Gasteiger partial charge in [-0.15, -0.1) is 0 Å². The van der Waals surface area contributed by atoms with Crippen LogP contribution in [0.3, 0.4) is 0 Å². The van der Waals surface area contributed by atoms with Crippen molar-refractivity contribution in [2.75, 3.05) is 6.54 Å². The topological polar surface area (TPSA) is 86.6 Å². The Labute approximate surface area is 106 Å². The summed E-state index contributed by atoms with van der Waals surface area (Å²) in [6, 6.07) is 6.85. The van der Waals surface area contributed by atoms with E-state index in [-0.39, 0.29) is 6.54 Å². The van der Waals surface area contributed by atoms with Crippen molar-refractivity contribution >= 4 is 34.5 Å². The molecule has 0 heterocycles. The van der Waals surface area contributed by atoms with Crippen LogP contribution in [0.4, 0.5) is 0 Å². The molecule has 1 atom stereocenters. The molecule has 6 heteroatoms. The van der Waals surface area contributed by atoms with E-state index in [9.17, 15) is 9.59 Å². The van der Waals surface area contributed by atoms with Crippen molar-refractivity contribution < 1.29 is 19.8 Å². The summed E-state index contributed by atoms with van der Waals surface area (Å²) in [5.74, 6) is -1.76. The van der Waals surface area contributed by atoms with E-state index in [1.165, 1.54) is 0 Å². The fourth-order valence-electron chi connectivity index (χ4n) is 1.01. The van der Waals surface area contributed by atoms with E-state index in [4.69, 9.17) is 10.2 Å². The number of halogens is 1. The number of aliphatic hydroxyl groups excluding tert-OH is 1. The number of carboxylic acid groups (broad SMARTS) is 1. The van der Waals surface area contributed by atoms with Gasteiger partial charge in [0.05, 0.1) is 6.54 Å². The second-order valence-corrected chi connectivity index (χ2v) is 4.32. The SMILES string of the molecule is O=C(NC[C@H](O)C(=O)O)c1cccc(I)c1. The molecule has 5 nitrogen and oxygen atoms in total. The zero-order valence-corrected chi connectivity index (χ0v) is 10.3. The summed E-state index contributed by atoms with van der Waals surface area (Å²) in [5.41, 5.74) is 0.435. The minimum Gasteiger partial charge on any atom is -0.479 e. The molecule has 16 heavy (non-hydrogen) atoms. The van der Waals surface area contributed by atoms with Crippen LogP contribution < -0.4 is 5.32 Å². The van der Waals surface area contributed by atoms with Crippen LogP contribution in [-0.2, 0) is 4.79 Å². The van der Waals surface area contributed by atoms with Crippen LogP contribution in [0.25, 0.3) is 0 Å². The van der Waals surface area contributed by atoms with Crippen molar-refractivity contribution in [3.63, 3.8) is 0 Å². The second-order valence-electron chi connectivity index (χ2n) is 3.07. The van der Waals surface area contributed by atoms with Gasteiger partial charge >= 0.3 is 5.97 Å².